The highest BCUT2D eigenvalue weighted by Gasteiger charge is 2.44. The smallest absolute Gasteiger partial charge is 0.200 e. The van der Waals surface area contributed by atoms with Crippen molar-refractivity contribution in [3.05, 3.63) is 82.7 Å². The standard InChI is InChI=1S/C38H47N2O6/c1-39-25-8-10-26-24(15-25)4-3-5-27(26)29-16-22(7-11-32(29)41)23-6-9-28-33(42)19-36(46-35(28)17-23)30-18-34(43)37(44)38(45-2)31(30)14-21-12-13-40-20-21/h3,5,7,11-13,16,18,20,23-28,33,35-36,39,41-44H,4,6,8-10,14-15,17,19H2,1-2H3/q-1/t23-,24-,25+,26+,27+,28+,33+,35+,36+/m1/s1. The number of aromatic hydroxyl groups is 3. The summed E-state index contributed by atoms with van der Waals surface area (Å²) < 4.78 is 12.4. The van der Waals surface area contributed by atoms with Gasteiger partial charge in [0.05, 0.1) is 25.4 Å². The average Bonchev–Trinajstić information content (AvgIpc) is 3.59. The number of aromatic nitrogens is 1. The minimum atomic E-state index is -0.549. The van der Waals surface area contributed by atoms with E-state index in [9.17, 15) is 20.4 Å². The number of hydrogen-bond donors (Lipinski definition) is 5. The number of rotatable bonds is 7. The average molecular weight is 628 g/mol. The monoisotopic (exact) mass is 627 g/mol. The van der Waals surface area contributed by atoms with Crippen LogP contribution in [0.5, 0.6) is 23.0 Å². The summed E-state index contributed by atoms with van der Waals surface area (Å²) in [5, 5.41) is 47.3. The van der Waals surface area contributed by atoms with Gasteiger partial charge < -0.3 is 40.2 Å². The Bertz CT molecular complexity index is 1550. The van der Waals surface area contributed by atoms with Crippen LogP contribution in [-0.4, -0.2) is 52.8 Å². The van der Waals surface area contributed by atoms with Gasteiger partial charge in [-0.3, -0.25) is 0 Å². The lowest BCUT2D eigenvalue weighted by Crippen LogP contribution is -2.44. The molecule has 0 radical (unpaired) electrons. The molecular formula is C38H47N2O6-. The molecule has 2 aromatic carbocycles. The zero-order valence-electron chi connectivity index (χ0n) is 26.8. The molecule has 0 amide bonds. The molecule has 3 fully saturated rings. The normalized spacial score (nSPS) is 32.5. The molecule has 8 nitrogen and oxygen atoms in total. The number of methoxy groups -OCH3 is 1. The third kappa shape index (κ3) is 5.80. The summed E-state index contributed by atoms with van der Waals surface area (Å²) in [6, 6.07) is 10.2. The van der Waals surface area contributed by atoms with E-state index in [1.54, 1.807) is 18.5 Å². The van der Waals surface area contributed by atoms with Gasteiger partial charge in [0, 0.05) is 35.4 Å². The van der Waals surface area contributed by atoms with Gasteiger partial charge in [0.25, 0.3) is 0 Å². The summed E-state index contributed by atoms with van der Waals surface area (Å²) in [5.74, 6) is 1.69. The largest absolute Gasteiger partial charge is 0.670 e. The molecule has 7 rings (SSSR count). The predicted octanol–water partition coefficient (Wildman–Crippen LogP) is 6.18. The lowest BCUT2D eigenvalue weighted by molar-refractivity contribution is -0.154. The van der Waals surface area contributed by atoms with Gasteiger partial charge in [0.2, 0.25) is 5.75 Å². The number of ether oxygens (including phenoxy) is 2. The molecule has 0 spiro atoms. The van der Waals surface area contributed by atoms with Crippen molar-refractivity contribution in [2.24, 2.45) is 17.8 Å². The molecule has 246 valence electrons. The second-order valence-corrected chi connectivity index (χ2v) is 14.1. The molecule has 2 saturated carbocycles. The Balaban J connectivity index is 1.14. The number of fused-ring (bicyclic) bond motifs is 2. The Hall–Kier alpha value is -3.46. The second kappa shape index (κ2) is 13.0. The maximum Gasteiger partial charge on any atom is 0.200 e. The Kier molecular flexibility index (Phi) is 8.79. The number of hydrogen-bond acceptors (Lipinski definition) is 7. The van der Waals surface area contributed by atoms with Crippen LogP contribution in [0, 0.1) is 17.8 Å². The number of benzene rings is 2. The minimum Gasteiger partial charge on any atom is -0.670 e. The molecule has 1 saturated heterocycles. The Morgan fingerprint density at radius 1 is 0.957 bits per heavy atom. The number of nitrogens with zero attached hydrogens (tertiary/aromatic N) is 1. The molecule has 5 N–H and O–H groups in total. The molecule has 1 aliphatic heterocycles. The van der Waals surface area contributed by atoms with Crippen molar-refractivity contribution >= 4 is 0 Å². The van der Waals surface area contributed by atoms with E-state index in [1.807, 2.05) is 12.1 Å². The summed E-state index contributed by atoms with van der Waals surface area (Å²) in [6.45, 7) is 0. The zero-order valence-corrected chi connectivity index (χ0v) is 26.8. The molecule has 3 aromatic rings. The van der Waals surface area contributed by atoms with Gasteiger partial charge in [-0.25, -0.2) is 0 Å². The Morgan fingerprint density at radius 3 is 2.59 bits per heavy atom. The van der Waals surface area contributed by atoms with Crippen LogP contribution in [-0.2, 0) is 11.2 Å². The molecule has 9 atom stereocenters. The maximum absolute atomic E-state index is 11.4. The third-order valence-electron chi connectivity index (χ3n) is 11.6. The van der Waals surface area contributed by atoms with Gasteiger partial charge in [-0.1, -0.05) is 35.9 Å². The summed E-state index contributed by atoms with van der Waals surface area (Å²) in [7, 11) is 3.54. The predicted molar refractivity (Wildman–Crippen MR) is 175 cm³/mol. The molecule has 4 aliphatic rings. The number of aliphatic hydroxyl groups excluding tert-OH is 1. The number of phenols is 3. The van der Waals surface area contributed by atoms with Gasteiger partial charge in [-0.15, -0.1) is 0 Å². The third-order valence-corrected chi connectivity index (χ3v) is 11.6. The van der Waals surface area contributed by atoms with Crippen LogP contribution in [0.15, 0.2) is 54.9 Å². The van der Waals surface area contributed by atoms with Crippen LogP contribution >= 0.6 is 0 Å². The highest BCUT2D eigenvalue weighted by molar-refractivity contribution is 5.59. The van der Waals surface area contributed by atoms with Gasteiger partial charge in [-0.2, -0.15) is 12.4 Å². The van der Waals surface area contributed by atoms with E-state index in [1.165, 1.54) is 25.5 Å². The summed E-state index contributed by atoms with van der Waals surface area (Å²) in [4.78, 5) is 4.18. The van der Waals surface area contributed by atoms with E-state index in [0.29, 0.717) is 42.0 Å². The summed E-state index contributed by atoms with van der Waals surface area (Å²) >= 11 is 0. The highest BCUT2D eigenvalue weighted by Crippen LogP contribution is 2.51. The van der Waals surface area contributed by atoms with Crippen molar-refractivity contribution in [3.8, 4) is 23.0 Å². The van der Waals surface area contributed by atoms with Crippen molar-refractivity contribution in [3.63, 3.8) is 0 Å². The molecule has 46 heavy (non-hydrogen) atoms. The number of allylic oxidation sites excluding steroid dienone is 2. The fraction of sp³-hybridized carbons (Fsp3) is 0.526. The highest BCUT2D eigenvalue weighted by atomic mass is 16.5. The summed E-state index contributed by atoms with van der Waals surface area (Å²) in [6.07, 6.45) is 15.0. The van der Waals surface area contributed by atoms with E-state index < -0.39 is 12.2 Å². The molecule has 1 aromatic heterocycles. The van der Waals surface area contributed by atoms with Crippen LogP contribution in [0.2, 0.25) is 0 Å². The quantitative estimate of drug-likeness (QED) is 0.155. The molecular weight excluding hydrogens is 580 g/mol. The van der Waals surface area contributed by atoms with Crippen molar-refractivity contribution in [1.82, 2.24) is 10.3 Å². The van der Waals surface area contributed by atoms with Crippen molar-refractivity contribution in [1.29, 1.82) is 0 Å². The molecule has 3 aliphatic carbocycles. The van der Waals surface area contributed by atoms with Crippen LogP contribution in [0.25, 0.3) is 0 Å². The van der Waals surface area contributed by atoms with E-state index in [0.717, 1.165) is 48.8 Å². The van der Waals surface area contributed by atoms with Crippen LogP contribution in [0.1, 0.15) is 97.1 Å². The summed E-state index contributed by atoms with van der Waals surface area (Å²) in [5.41, 5.74) is 4.65. The van der Waals surface area contributed by atoms with Crippen molar-refractivity contribution in [2.75, 3.05) is 14.2 Å². The first-order chi connectivity index (χ1) is 22.3. The van der Waals surface area contributed by atoms with Gasteiger partial charge >= 0.3 is 0 Å². The number of nitrogens with one attached hydrogen (secondary N) is 1. The van der Waals surface area contributed by atoms with Gasteiger partial charge in [0.1, 0.15) is 5.75 Å². The topological polar surface area (TPSA) is 126 Å². The van der Waals surface area contributed by atoms with Gasteiger partial charge in [-0.05, 0) is 99.4 Å². The van der Waals surface area contributed by atoms with Crippen molar-refractivity contribution < 1.29 is 29.9 Å². The first-order valence-electron chi connectivity index (χ1n) is 17.0. The fourth-order valence-electron chi connectivity index (χ4n) is 9.19. The Labute approximate surface area is 271 Å². The van der Waals surface area contributed by atoms with Crippen LogP contribution < -0.4 is 15.0 Å². The van der Waals surface area contributed by atoms with Crippen LogP contribution in [0.4, 0.5) is 0 Å². The SMILES string of the molecule is CN[C@H]1CC[C@H]2[C@H](CC=C[C@@H]2c2cc([C@@H]3CC[C@@H]4[C@H](C3)O[C@H](c3cc(O)c(O)c(OC)c3Cc3cc[n-]c3)C[C@@H]4O)ccc2O)C1. The van der Waals surface area contributed by atoms with Gasteiger partial charge in [0.15, 0.2) is 11.5 Å². The van der Waals surface area contributed by atoms with Crippen molar-refractivity contribution in [2.45, 2.75) is 94.0 Å². The fourth-order valence-corrected chi connectivity index (χ4v) is 9.19. The lowest BCUT2D eigenvalue weighted by atomic mass is 9.65. The van der Waals surface area contributed by atoms with E-state index in [2.05, 4.69) is 41.6 Å². The molecule has 8 heteroatoms. The zero-order chi connectivity index (χ0) is 31.9. The van der Waals surface area contributed by atoms with E-state index in [-0.39, 0.29) is 41.1 Å². The minimum absolute atomic E-state index is 0.0313. The number of phenolic OH excluding ortho intramolecular Hbond substituents is 3. The molecule has 0 bridgehead atoms. The Morgan fingerprint density at radius 2 is 1.80 bits per heavy atom. The van der Waals surface area contributed by atoms with E-state index >= 15 is 0 Å². The lowest BCUT2D eigenvalue weighted by Gasteiger charge is -2.45. The first-order valence-corrected chi connectivity index (χ1v) is 17.0. The maximum atomic E-state index is 11.4. The van der Waals surface area contributed by atoms with Crippen LogP contribution in [0.3, 0.4) is 0 Å². The second-order valence-electron chi connectivity index (χ2n) is 14.1. The number of aliphatic hydroxyl groups is 1. The molecule has 2 heterocycles. The molecule has 0 unspecified atom stereocenters. The first kappa shape index (κ1) is 31.2. The van der Waals surface area contributed by atoms with E-state index in [4.69, 9.17) is 9.47 Å².